The number of benzene rings is 2. The van der Waals surface area contributed by atoms with Crippen LogP contribution in [-0.4, -0.2) is 47.5 Å². The maximum absolute atomic E-state index is 5.46. The van der Waals surface area contributed by atoms with Crippen molar-refractivity contribution in [1.29, 1.82) is 0 Å². The highest BCUT2D eigenvalue weighted by Crippen LogP contribution is 2.32. The average molecular weight is 430 g/mol. The van der Waals surface area contributed by atoms with Crippen LogP contribution in [0, 0.1) is 0 Å². The van der Waals surface area contributed by atoms with E-state index in [1.807, 2.05) is 30.7 Å². The van der Waals surface area contributed by atoms with Crippen molar-refractivity contribution in [1.82, 2.24) is 15.0 Å². The second-order valence-electron chi connectivity index (χ2n) is 7.28. The molecule has 0 unspecified atom stereocenters. The molecule has 156 valence electrons. The predicted molar refractivity (Wildman–Crippen MR) is 127 cm³/mol. The Hall–Kier alpha value is -3.16. The fourth-order valence-electron chi connectivity index (χ4n) is 3.74. The molecule has 0 bridgehead atoms. The minimum atomic E-state index is 0.717. The molecule has 4 aromatic rings. The second-order valence-corrected chi connectivity index (χ2v) is 8.16. The lowest BCUT2D eigenvalue weighted by Gasteiger charge is -2.27. The number of nitrogens with one attached hydrogen (secondary N) is 1. The summed E-state index contributed by atoms with van der Waals surface area (Å²) in [5.74, 6) is 1.70. The molecule has 31 heavy (non-hydrogen) atoms. The van der Waals surface area contributed by atoms with Crippen molar-refractivity contribution in [3.63, 3.8) is 0 Å². The van der Waals surface area contributed by atoms with Crippen LogP contribution in [0.25, 0.3) is 22.0 Å². The van der Waals surface area contributed by atoms with Crippen molar-refractivity contribution in [2.45, 2.75) is 4.90 Å². The van der Waals surface area contributed by atoms with Gasteiger partial charge in [0.15, 0.2) is 0 Å². The number of anilines is 3. The van der Waals surface area contributed by atoms with Crippen LogP contribution in [0.15, 0.2) is 72.0 Å². The molecule has 1 fully saturated rings. The van der Waals surface area contributed by atoms with Crippen LogP contribution in [0.5, 0.6) is 0 Å². The van der Waals surface area contributed by atoms with E-state index < -0.39 is 0 Å². The summed E-state index contributed by atoms with van der Waals surface area (Å²) in [6.45, 7) is 3.09. The van der Waals surface area contributed by atoms with Gasteiger partial charge in [-0.1, -0.05) is 24.3 Å². The number of pyridine rings is 1. The van der Waals surface area contributed by atoms with E-state index in [1.165, 1.54) is 4.90 Å². The summed E-state index contributed by atoms with van der Waals surface area (Å²) in [5, 5.41) is 5.60. The van der Waals surface area contributed by atoms with Crippen LogP contribution in [0.2, 0.25) is 0 Å². The Morgan fingerprint density at radius 2 is 1.71 bits per heavy atom. The normalized spacial score (nSPS) is 14.0. The SMILES string of the molecule is CSc1ccc(Nc2ncc(-c3cncc(N4CCOCC4)n3)c3ccccc23)cc1. The molecule has 1 aliphatic rings. The third-order valence-electron chi connectivity index (χ3n) is 5.38. The molecule has 0 saturated carbocycles. The van der Waals surface area contributed by atoms with E-state index in [1.54, 1.807) is 11.8 Å². The predicted octanol–water partition coefficient (Wildman–Crippen LogP) is 4.99. The van der Waals surface area contributed by atoms with Crippen LogP contribution in [0.4, 0.5) is 17.3 Å². The van der Waals surface area contributed by atoms with Crippen molar-refractivity contribution in [2.75, 3.05) is 42.8 Å². The lowest BCUT2D eigenvalue weighted by atomic mass is 10.0. The highest BCUT2D eigenvalue weighted by Gasteiger charge is 2.15. The highest BCUT2D eigenvalue weighted by atomic mass is 32.2. The molecule has 0 spiro atoms. The van der Waals surface area contributed by atoms with Gasteiger partial charge in [-0.2, -0.15) is 0 Å². The summed E-state index contributed by atoms with van der Waals surface area (Å²) in [7, 11) is 0. The van der Waals surface area contributed by atoms with Crippen molar-refractivity contribution in [3.05, 3.63) is 67.1 Å². The summed E-state index contributed by atoms with van der Waals surface area (Å²) in [5.41, 5.74) is 2.81. The van der Waals surface area contributed by atoms with Crippen LogP contribution in [0.1, 0.15) is 0 Å². The van der Waals surface area contributed by atoms with Gasteiger partial charge in [0.2, 0.25) is 0 Å². The Morgan fingerprint density at radius 3 is 2.48 bits per heavy atom. The fraction of sp³-hybridized carbons (Fsp3) is 0.208. The number of ether oxygens (including phenoxy) is 1. The Morgan fingerprint density at radius 1 is 0.935 bits per heavy atom. The largest absolute Gasteiger partial charge is 0.378 e. The first-order valence-corrected chi connectivity index (χ1v) is 11.5. The first-order valence-electron chi connectivity index (χ1n) is 10.3. The van der Waals surface area contributed by atoms with Gasteiger partial charge in [0.1, 0.15) is 11.6 Å². The maximum atomic E-state index is 5.46. The van der Waals surface area contributed by atoms with Crippen LogP contribution in [-0.2, 0) is 4.74 Å². The van der Waals surface area contributed by atoms with E-state index in [-0.39, 0.29) is 0 Å². The Kier molecular flexibility index (Phi) is 5.69. The average Bonchev–Trinajstić information content (AvgIpc) is 2.85. The van der Waals surface area contributed by atoms with Gasteiger partial charge in [0.25, 0.3) is 0 Å². The molecule has 1 N–H and O–H groups in total. The summed E-state index contributed by atoms with van der Waals surface area (Å²) in [6.07, 6.45) is 7.58. The molecule has 0 atom stereocenters. The molecule has 0 amide bonds. The third kappa shape index (κ3) is 4.19. The van der Waals surface area contributed by atoms with Gasteiger partial charge in [0, 0.05) is 40.8 Å². The molecule has 3 heterocycles. The smallest absolute Gasteiger partial charge is 0.147 e. The molecule has 2 aromatic carbocycles. The third-order valence-corrected chi connectivity index (χ3v) is 6.12. The number of thioether (sulfide) groups is 1. The zero-order chi connectivity index (χ0) is 21.0. The lowest BCUT2D eigenvalue weighted by molar-refractivity contribution is 0.122. The molecule has 2 aromatic heterocycles. The zero-order valence-corrected chi connectivity index (χ0v) is 18.1. The maximum Gasteiger partial charge on any atom is 0.147 e. The number of rotatable bonds is 5. The molecular formula is C24H23N5OS. The van der Waals surface area contributed by atoms with E-state index in [0.29, 0.717) is 13.2 Å². The van der Waals surface area contributed by atoms with Gasteiger partial charge >= 0.3 is 0 Å². The van der Waals surface area contributed by atoms with Gasteiger partial charge < -0.3 is 15.0 Å². The van der Waals surface area contributed by atoms with E-state index in [0.717, 1.165) is 52.4 Å². The van der Waals surface area contributed by atoms with Crippen molar-refractivity contribution < 1.29 is 4.74 Å². The number of nitrogens with zero attached hydrogens (tertiary/aromatic N) is 4. The van der Waals surface area contributed by atoms with Crippen LogP contribution < -0.4 is 10.2 Å². The molecule has 0 radical (unpaired) electrons. The summed E-state index contributed by atoms with van der Waals surface area (Å²) < 4.78 is 5.46. The van der Waals surface area contributed by atoms with Crippen molar-refractivity contribution >= 4 is 39.9 Å². The number of aromatic nitrogens is 3. The van der Waals surface area contributed by atoms with Crippen molar-refractivity contribution in [3.8, 4) is 11.3 Å². The standard InChI is InChI=1S/C24H23N5OS/c1-31-18-8-6-17(7-9-18)27-24-20-5-3-2-4-19(20)21(14-26-24)22-15-25-16-23(28-22)29-10-12-30-13-11-29/h2-9,14-16H,10-13H2,1H3,(H,26,27). The molecule has 5 rings (SSSR count). The highest BCUT2D eigenvalue weighted by molar-refractivity contribution is 7.98. The fourth-order valence-corrected chi connectivity index (χ4v) is 4.15. The van der Waals surface area contributed by atoms with E-state index >= 15 is 0 Å². The Bertz CT molecular complexity index is 1190. The molecule has 7 heteroatoms. The zero-order valence-electron chi connectivity index (χ0n) is 17.3. The molecule has 6 nitrogen and oxygen atoms in total. The number of hydrogen-bond acceptors (Lipinski definition) is 7. The Labute approximate surface area is 185 Å². The number of hydrogen-bond donors (Lipinski definition) is 1. The van der Waals surface area contributed by atoms with Crippen molar-refractivity contribution in [2.24, 2.45) is 0 Å². The molecule has 1 aliphatic heterocycles. The van der Waals surface area contributed by atoms with Gasteiger partial charge in [0.05, 0.1) is 31.3 Å². The van der Waals surface area contributed by atoms with E-state index in [2.05, 4.69) is 57.9 Å². The van der Waals surface area contributed by atoms with Gasteiger partial charge in [-0.25, -0.2) is 9.97 Å². The minimum Gasteiger partial charge on any atom is -0.378 e. The van der Waals surface area contributed by atoms with E-state index in [4.69, 9.17) is 14.7 Å². The lowest BCUT2D eigenvalue weighted by Crippen LogP contribution is -2.36. The molecule has 0 aliphatic carbocycles. The van der Waals surface area contributed by atoms with Gasteiger partial charge in [-0.05, 0) is 35.9 Å². The quantitative estimate of drug-likeness (QED) is 0.448. The topological polar surface area (TPSA) is 63.2 Å². The first kappa shape index (κ1) is 19.8. The number of morpholine rings is 1. The summed E-state index contributed by atoms with van der Waals surface area (Å²) in [4.78, 5) is 17.5. The van der Waals surface area contributed by atoms with Crippen LogP contribution in [0.3, 0.4) is 0 Å². The Balaban J connectivity index is 1.51. The summed E-state index contributed by atoms with van der Waals surface area (Å²) in [6, 6.07) is 16.6. The minimum absolute atomic E-state index is 0.717. The monoisotopic (exact) mass is 429 g/mol. The molecular weight excluding hydrogens is 406 g/mol. The second kappa shape index (κ2) is 8.91. The van der Waals surface area contributed by atoms with Gasteiger partial charge in [-0.3, -0.25) is 4.98 Å². The first-order chi connectivity index (χ1) is 15.3. The van der Waals surface area contributed by atoms with E-state index in [9.17, 15) is 0 Å². The molecule has 1 saturated heterocycles. The number of fused-ring (bicyclic) bond motifs is 1. The van der Waals surface area contributed by atoms with Crippen LogP contribution >= 0.6 is 11.8 Å². The van der Waals surface area contributed by atoms with Gasteiger partial charge in [-0.15, -0.1) is 11.8 Å². The summed E-state index contributed by atoms with van der Waals surface area (Å²) >= 11 is 1.73.